The minimum Gasteiger partial charge on any atom is -0.354 e. The predicted molar refractivity (Wildman–Crippen MR) is 245 cm³/mol. The Morgan fingerprint density at radius 2 is 0.643 bits per heavy atom. The van der Waals surface area contributed by atoms with Gasteiger partial charge in [0.2, 0.25) is 0 Å². The molecule has 17 heteroatoms. The van der Waals surface area contributed by atoms with Crippen LogP contribution in [-0.4, -0.2) is 24.8 Å². The van der Waals surface area contributed by atoms with Gasteiger partial charge in [0.15, 0.2) is 0 Å². The monoisotopic (exact) mass is 1040 g/mol. The number of fused-ring (bicyclic) bond motifs is 8. The van der Waals surface area contributed by atoms with Gasteiger partial charge in [-0.1, -0.05) is 144 Å². The van der Waals surface area contributed by atoms with Gasteiger partial charge in [-0.05, 0) is 59.4 Å². The summed E-state index contributed by atoms with van der Waals surface area (Å²) in [6.45, 7) is -0.388. The topological polar surface area (TPSA) is 52.3 Å². The molecule has 0 fully saturated rings. The predicted octanol–water partition coefficient (Wildman–Crippen LogP) is 12.4. The molecule has 70 heavy (non-hydrogen) atoms. The van der Waals surface area contributed by atoms with Crippen molar-refractivity contribution in [2.45, 2.75) is 50.5 Å². The molecule has 0 unspecified atom stereocenters. The highest BCUT2D eigenvalue weighted by Crippen LogP contribution is 2.51. The standard InChI is InChI=1S/C53H37BrF12N4/c54-28-14-5-15-29-70-48-40(32-20-10-3-11-21-32)36-26-24-34(67-36)38(30-16-6-1-7-17-30)46-42(50(55,56)57)43(51(58,59)60)47(69-46)39(31-18-8-2-9-19-31)35-25-27-37(68-35)41(33-22-12-4-13-23-33)49(70)45(53(64,65)66)44(48)52(61,62)63/h1-4,6-13,16-27,67-69H,5,14-15,28-29H2/b38-34-,39-35-,40-36-,41-37-,46-38?,47-39?,48-40?,49-41?. The van der Waals surface area contributed by atoms with Crippen molar-refractivity contribution >= 4 is 38.2 Å². The van der Waals surface area contributed by atoms with Gasteiger partial charge in [-0.3, -0.25) is 0 Å². The summed E-state index contributed by atoms with van der Waals surface area (Å²) < 4.78 is 193. The maximum Gasteiger partial charge on any atom is 0.419 e. The molecule has 4 aromatic carbocycles. The molecule has 4 nitrogen and oxygen atoms in total. The van der Waals surface area contributed by atoms with E-state index in [0.29, 0.717) is 18.2 Å². The first kappa shape index (κ1) is 48.2. The molecule has 0 atom stereocenters. The Morgan fingerprint density at radius 3 is 0.943 bits per heavy atom. The van der Waals surface area contributed by atoms with Crippen LogP contribution in [0.2, 0.25) is 0 Å². The Hall–Kier alpha value is -6.88. The molecule has 0 spiro atoms. The number of halogens is 13. The van der Waals surface area contributed by atoms with E-state index in [1.807, 2.05) is 0 Å². The van der Waals surface area contributed by atoms with Crippen LogP contribution in [-0.2, 0) is 31.2 Å². The molecule has 1 aliphatic rings. The molecule has 9 rings (SSSR count). The molecule has 0 saturated heterocycles. The summed E-state index contributed by atoms with van der Waals surface area (Å²) in [6.07, 6.45) is -21.8. The molecular formula is C53H37BrF12N4. The van der Waals surface area contributed by atoms with Crippen molar-refractivity contribution in [1.82, 2.24) is 19.5 Å². The van der Waals surface area contributed by atoms with Gasteiger partial charge in [-0.15, -0.1) is 0 Å². The second kappa shape index (κ2) is 18.5. The number of H-pyrrole nitrogens is 3. The van der Waals surface area contributed by atoms with Crippen LogP contribution < -0.4 is 21.4 Å². The number of nitrogens with zero attached hydrogens (tertiary/aromatic N) is 1. The van der Waals surface area contributed by atoms with E-state index in [-0.39, 0.29) is 56.6 Å². The maximum atomic E-state index is 16.3. The van der Waals surface area contributed by atoms with Crippen LogP contribution in [0.1, 0.15) is 86.5 Å². The summed E-state index contributed by atoms with van der Waals surface area (Å²) >= 11 is 3.36. The van der Waals surface area contributed by atoms with Crippen molar-refractivity contribution in [3.63, 3.8) is 0 Å². The first-order valence-electron chi connectivity index (χ1n) is 21.8. The Morgan fingerprint density at radius 1 is 0.343 bits per heavy atom. The third-order valence-electron chi connectivity index (χ3n) is 12.1. The summed E-state index contributed by atoms with van der Waals surface area (Å²) in [4.78, 5) is 8.40. The molecule has 0 aliphatic carbocycles. The fourth-order valence-electron chi connectivity index (χ4n) is 9.40. The summed E-state index contributed by atoms with van der Waals surface area (Å²) in [7, 11) is 0. The quantitative estimate of drug-likeness (QED) is 0.0733. The molecule has 4 aromatic heterocycles. The SMILES string of the molecule is FC(F)(F)c1c2[nH]c(c1C(F)(F)F)/C(c1ccccc1)=c1/cc/c([nH]1)=C(\c1ccccc1)c1c(C(F)(F)F)c(C(F)(F)F)c(n1CCCCCBr)/C(c1ccccc1)=c1/cc/c([nH]1)=C/2c1ccccc1. The minimum absolute atomic E-state index is 0.00807. The third-order valence-corrected chi connectivity index (χ3v) is 12.6. The van der Waals surface area contributed by atoms with Gasteiger partial charge in [0.25, 0.3) is 0 Å². The van der Waals surface area contributed by atoms with Crippen LogP contribution in [0.4, 0.5) is 52.7 Å². The summed E-state index contributed by atoms with van der Waals surface area (Å²) in [5.41, 5.74) is -13.9. The van der Waals surface area contributed by atoms with Crippen LogP contribution in [0.25, 0.3) is 22.3 Å². The van der Waals surface area contributed by atoms with Gasteiger partial charge in [-0.2, -0.15) is 52.7 Å². The molecular weight excluding hydrogens is 1000 g/mol. The summed E-state index contributed by atoms with van der Waals surface area (Å²) in [5.74, 6) is 0. The molecule has 3 N–H and O–H groups in total. The zero-order valence-corrected chi connectivity index (χ0v) is 37.8. The Labute approximate surface area is 399 Å². The largest absolute Gasteiger partial charge is 0.419 e. The summed E-state index contributed by atoms with van der Waals surface area (Å²) in [6, 6.07) is 33.5. The fraction of sp³-hybridized carbons (Fsp3) is 0.170. The number of aromatic nitrogens is 4. The average molecular weight is 1040 g/mol. The molecule has 360 valence electrons. The van der Waals surface area contributed by atoms with E-state index < -0.39 is 92.0 Å². The van der Waals surface area contributed by atoms with Crippen LogP contribution in [0.3, 0.4) is 0 Å². The van der Waals surface area contributed by atoms with Gasteiger partial charge < -0.3 is 19.5 Å². The molecule has 0 radical (unpaired) electrons. The number of alkyl halides is 13. The highest BCUT2D eigenvalue weighted by atomic mass is 79.9. The number of unbranched alkanes of at least 4 members (excludes halogenated alkanes) is 2. The van der Waals surface area contributed by atoms with E-state index in [1.165, 1.54) is 133 Å². The van der Waals surface area contributed by atoms with E-state index in [2.05, 4.69) is 30.9 Å². The van der Waals surface area contributed by atoms with E-state index >= 15 is 52.7 Å². The average Bonchev–Trinajstić information content (AvgIpc) is 4.13. The van der Waals surface area contributed by atoms with Gasteiger partial charge in [-0.25, -0.2) is 0 Å². The highest BCUT2D eigenvalue weighted by Gasteiger charge is 2.52. The van der Waals surface area contributed by atoms with Gasteiger partial charge >= 0.3 is 24.7 Å². The third kappa shape index (κ3) is 8.95. The van der Waals surface area contributed by atoms with Crippen LogP contribution in [0, 0.1) is 0 Å². The van der Waals surface area contributed by atoms with E-state index in [4.69, 9.17) is 0 Å². The van der Waals surface area contributed by atoms with E-state index in [0.717, 1.165) is 4.57 Å². The lowest BCUT2D eigenvalue weighted by Gasteiger charge is -2.19. The number of hydrogen-bond donors (Lipinski definition) is 3. The highest BCUT2D eigenvalue weighted by molar-refractivity contribution is 9.09. The zero-order valence-electron chi connectivity index (χ0n) is 36.3. The zero-order chi connectivity index (χ0) is 49.8. The van der Waals surface area contributed by atoms with Crippen LogP contribution in [0.15, 0.2) is 146 Å². The van der Waals surface area contributed by atoms with E-state index in [1.54, 1.807) is 12.1 Å². The molecule has 5 heterocycles. The number of benzene rings is 4. The van der Waals surface area contributed by atoms with Gasteiger partial charge in [0, 0.05) is 55.6 Å². The number of aromatic amines is 3. The minimum atomic E-state index is -5.69. The van der Waals surface area contributed by atoms with E-state index in [9.17, 15) is 0 Å². The van der Waals surface area contributed by atoms with Gasteiger partial charge in [0.1, 0.15) is 0 Å². The normalized spacial score (nSPS) is 16.8. The van der Waals surface area contributed by atoms with Crippen molar-refractivity contribution in [2.24, 2.45) is 0 Å². The summed E-state index contributed by atoms with van der Waals surface area (Å²) in [5, 5.41) is -0.651. The van der Waals surface area contributed by atoms with Crippen LogP contribution in [0.5, 0.6) is 0 Å². The Balaban J connectivity index is 1.66. The lowest BCUT2D eigenvalue weighted by Crippen LogP contribution is -2.22. The first-order chi connectivity index (χ1) is 33.3. The smallest absolute Gasteiger partial charge is 0.354 e. The molecule has 8 bridgehead atoms. The first-order valence-corrected chi connectivity index (χ1v) is 22.9. The van der Waals surface area contributed by atoms with Crippen molar-refractivity contribution in [1.29, 1.82) is 0 Å². The van der Waals surface area contributed by atoms with Gasteiger partial charge in [0.05, 0.1) is 45.0 Å². The molecule has 0 amide bonds. The van der Waals surface area contributed by atoms with Crippen molar-refractivity contribution in [2.75, 3.05) is 5.33 Å². The van der Waals surface area contributed by atoms with Crippen LogP contribution >= 0.6 is 15.9 Å². The fourth-order valence-corrected chi connectivity index (χ4v) is 9.80. The Kier molecular flexibility index (Phi) is 12.7. The Bertz CT molecular complexity index is 3230. The molecule has 8 aromatic rings. The van der Waals surface area contributed by atoms with Crippen molar-refractivity contribution < 1.29 is 52.7 Å². The molecule has 0 saturated carbocycles. The lowest BCUT2D eigenvalue weighted by molar-refractivity contribution is -0.161. The van der Waals surface area contributed by atoms with Crippen molar-refractivity contribution in [3.05, 3.63) is 234 Å². The number of hydrogen-bond acceptors (Lipinski definition) is 0. The lowest BCUT2D eigenvalue weighted by atomic mass is 9.94. The second-order valence-electron chi connectivity index (χ2n) is 16.5. The number of rotatable bonds is 9. The maximum absolute atomic E-state index is 16.3. The second-order valence-corrected chi connectivity index (χ2v) is 17.3. The number of nitrogens with one attached hydrogen (secondary N) is 3. The van der Waals surface area contributed by atoms with Crippen molar-refractivity contribution in [3.8, 4) is 0 Å². The molecule has 1 aliphatic heterocycles.